The zero-order valence-corrected chi connectivity index (χ0v) is 15.1. The van der Waals surface area contributed by atoms with Gasteiger partial charge in [-0.3, -0.25) is 0 Å². The highest BCUT2D eigenvalue weighted by atomic mass is 16.5. The number of rotatable bonds is 4. The average Bonchev–Trinajstić information content (AvgIpc) is 2.48. The van der Waals surface area contributed by atoms with E-state index in [1.807, 2.05) is 0 Å². The Bertz CT molecular complexity index is 334. The van der Waals surface area contributed by atoms with Gasteiger partial charge in [-0.1, -0.05) is 78.2 Å². The molecule has 22 heavy (non-hydrogen) atoms. The van der Waals surface area contributed by atoms with Crippen LogP contribution in [-0.4, -0.2) is 12.1 Å². The molecule has 0 heterocycles. The predicted molar refractivity (Wildman–Crippen MR) is 93.9 cm³/mol. The zero-order chi connectivity index (χ0) is 16.4. The minimum Gasteiger partial charge on any atom is -0.458 e. The number of hydrogen-bond acceptors (Lipinski definition) is 2. The van der Waals surface area contributed by atoms with E-state index in [0.29, 0.717) is 5.57 Å². The molecule has 2 nitrogen and oxygen atoms in total. The van der Waals surface area contributed by atoms with Crippen molar-refractivity contribution in [1.82, 2.24) is 0 Å². The average molecular weight is 309 g/mol. The van der Waals surface area contributed by atoms with E-state index < -0.39 is 0 Å². The lowest BCUT2D eigenvalue weighted by Crippen LogP contribution is -2.36. The number of ether oxygens (including phenoxy) is 1. The maximum Gasteiger partial charge on any atom is 0.333 e. The summed E-state index contributed by atoms with van der Waals surface area (Å²) in [5.41, 5.74) is 0.634. The summed E-state index contributed by atoms with van der Waals surface area (Å²) in [6.45, 7) is 9.92. The summed E-state index contributed by atoms with van der Waals surface area (Å²) in [6.07, 6.45) is 15.3. The maximum absolute atomic E-state index is 12.0. The van der Waals surface area contributed by atoms with Gasteiger partial charge in [-0.15, -0.1) is 0 Å². The Kier molecular flexibility index (Phi) is 8.82. The van der Waals surface area contributed by atoms with Crippen molar-refractivity contribution in [2.45, 2.75) is 104 Å². The Morgan fingerprint density at radius 1 is 1.00 bits per heavy atom. The van der Waals surface area contributed by atoms with E-state index in [2.05, 4.69) is 20.4 Å². The lowest BCUT2D eigenvalue weighted by Gasteiger charge is -2.37. The van der Waals surface area contributed by atoms with Crippen LogP contribution in [-0.2, 0) is 9.53 Å². The van der Waals surface area contributed by atoms with E-state index in [1.165, 1.54) is 70.6 Å². The van der Waals surface area contributed by atoms with Crippen LogP contribution < -0.4 is 0 Å². The second-order valence-corrected chi connectivity index (χ2v) is 7.42. The summed E-state index contributed by atoms with van der Waals surface area (Å²) in [7, 11) is 0. The molecule has 0 spiro atoms. The van der Waals surface area contributed by atoms with E-state index in [-0.39, 0.29) is 17.5 Å². The fourth-order valence-corrected chi connectivity index (χ4v) is 3.69. The normalized spacial score (nSPS) is 22.0. The monoisotopic (exact) mass is 308 g/mol. The maximum atomic E-state index is 12.0. The molecule has 0 aromatic carbocycles. The van der Waals surface area contributed by atoms with Crippen molar-refractivity contribution in [2.24, 2.45) is 5.41 Å². The van der Waals surface area contributed by atoms with Crippen molar-refractivity contribution in [3.05, 3.63) is 12.2 Å². The largest absolute Gasteiger partial charge is 0.458 e. The third kappa shape index (κ3) is 6.54. The van der Waals surface area contributed by atoms with Crippen molar-refractivity contribution in [2.75, 3.05) is 0 Å². The quantitative estimate of drug-likeness (QED) is 0.457. The highest BCUT2D eigenvalue weighted by molar-refractivity contribution is 5.87. The van der Waals surface area contributed by atoms with Gasteiger partial charge in [0.2, 0.25) is 0 Å². The summed E-state index contributed by atoms with van der Waals surface area (Å²) in [5, 5.41) is 0. The Labute approximate surface area is 137 Å². The van der Waals surface area contributed by atoms with Crippen LogP contribution in [0.3, 0.4) is 0 Å². The second kappa shape index (κ2) is 10.1. The van der Waals surface area contributed by atoms with Crippen molar-refractivity contribution >= 4 is 5.97 Å². The Hall–Kier alpha value is -0.790. The fourth-order valence-electron chi connectivity index (χ4n) is 3.69. The van der Waals surface area contributed by atoms with Crippen LogP contribution in [0.1, 0.15) is 97.8 Å². The van der Waals surface area contributed by atoms with Crippen LogP contribution in [0.4, 0.5) is 0 Å². The molecule has 0 amide bonds. The van der Waals surface area contributed by atoms with Gasteiger partial charge in [-0.05, 0) is 26.2 Å². The molecule has 1 fully saturated rings. The molecular formula is C20H36O2. The van der Waals surface area contributed by atoms with E-state index in [4.69, 9.17) is 4.74 Å². The third-order valence-electron chi connectivity index (χ3n) is 5.24. The van der Waals surface area contributed by atoms with Crippen LogP contribution >= 0.6 is 0 Å². The number of hydrogen-bond donors (Lipinski definition) is 0. The predicted octanol–water partition coefficient (Wildman–Crippen LogP) is 6.20. The number of carbonyl (C=O) groups excluding carboxylic acids is 1. The zero-order valence-electron chi connectivity index (χ0n) is 15.1. The molecule has 1 saturated carbocycles. The van der Waals surface area contributed by atoms with Crippen molar-refractivity contribution in [3.8, 4) is 0 Å². The van der Waals surface area contributed by atoms with Crippen LogP contribution in [0, 0.1) is 5.41 Å². The van der Waals surface area contributed by atoms with Crippen LogP contribution in [0.15, 0.2) is 12.2 Å². The Morgan fingerprint density at radius 2 is 1.41 bits per heavy atom. The van der Waals surface area contributed by atoms with Crippen LogP contribution in [0.5, 0.6) is 0 Å². The molecule has 1 unspecified atom stereocenters. The van der Waals surface area contributed by atoms with Gasteiger partial charge in [0.25, 0.3) is 0 Å². The van der Waals surface area contributed by atoms with Crippen molar-refractivity contribution in [1.29, 1.82) is 0 Å². The second-order valence-electron chi connectivity index (χ2n) is 7.42. The van der Waals surface area contributed by atoms with Crippen molar-refractivity contribution in [3.63, 3.8) is 0 Å². The molecule has 1 aliphatic rings. The molecular weight excluding hydrogens is 272 g/mol. The highest BCUT2D eigenvalue weighted by Crippen LogP contribution is 2.38. The van der Waals surface area contributed by atoms with Crippen molar-refractivity contribution < 1.29 is 9.53 Å². The minimum atomic E-state index is -0.223. The fraction of sp³-hybridized carbons (Fsp3) is 0.850. The SMILES string of the molecule is C=C(C)C(=O)OC(CC)C1(C)CCCCCCCCCCC1. The first-order chi connectivity index (χ1) is 10.5. The third-order valence-corrected chi connectivity index (χ3v) is 5.24. The van der Waals surface area contributed by atoms with Gasteiger partial charge in [0.05, 0.1) is 0 Å². The van der Waals surface area contributed by atoms with Gasteiger partial charge in [-0.2, -0.15) is 0 Å². The van der Waals surface area contributed by atoms with E-state index >= 15 is 0 Å². The highest BCUT2D eigenvalue weighted by Gasteiger charge is 2.35. The lowest BCUT2D eigenvalue weighted by molar-refractivity contribution is -0.152. The molecule has 0 radical (unpaired) electrons. The molecule has 1 aliphatic carbocycles. The molecule has 0 aromatic heterocycles. The smallest absolute Gasteiger partial charge is 0.333 e. The molecule has 0 aliphatic heterocycles. The number of carbonyl (C=O) groups is 1. The summed E-state index contributed by atoms with van der Waals surface area (Å²) in [4.78, 5) is 12.0. The molecule has 128 valence electrons. The molecule has 0 saturated heterocycles. The molecule has 0 aromatic rings. The van der Waals surface area contributed by atoms with E-state index in [1.54, 1.807) is 6.92 Å². The molecule has 0 N–H and O–H groups in total. The van der Waals surface area contributed by atoms with Gasteiger partial charge < -0.3 is 4.74 Å². The first-order valence-corrected chi connectivity index (χ1v) is 9.36. The Morgan fingerprint density at radius 3 is 1.77 bits per heavy atom. The minimum absolute atomic E-state index is 0.0274. The first kappa shape index (κ1) is 19.3. The lowest BCUT2D eigenvalue weighted by atomic mass is 9.74. The topological polar surface area (TPSA) is 26.3 Å². The van der Waals surface area contributed by atoms with E-state index in [9.17, 15) is 4.79 Å². The van der Waals surface area contributed by atoms with Crippen LogP contribution in [0.25, 0.3) is 0 Å². The van der Waals surface area contributed by atoms with Gasteiger partial charge in [-0.25, -0.2) is 4.79 Å². The van der Waals surface area contributed by atoms with Crippen LogP contribution in [0.2, 0.25) is 0 Å². The first-order valence-electron chi connectivity index (χ1n) is 9.36. The summed E-state index contributed by atoms with van der Waals surface area (Å²) in [5.74, 6) is -0.223. The number of esters is 1. The molecule has 1 rings (SSSR count). The van der Waals surface area contributed by atoms with Gasteiger partial charge in [0.15, 0.2) is 0 Å². The molecule has 0 bridgehead atoms. The molecule has 2 heteroatoms. The summed E-state index contributed by atoms with van der Waals surface area (Å²) >= 11 is 0. The van der Waals surface area contributed by atoms with Gasteiger partial charge >= 0.3 is 5.97 Å². The molecule has 1 atom stereocenters. The Balaban J connectivity index is 2.71. The van der Waals surface area contributed by atoms with Gasteiger partial charge in [0.1, 0.15) is 6.10 Å². The standard InChI is InChI=1S/C20H36O2/c1-5-18(22-19(21)17(2)3)20(4)15-13-11-9-7-6-8-10-12-14-16-20/h18H,2,5-16H2,1,3-4H3. The summed E-state index contributed by atoms with van der Waals surface area (Å²) in [6, 6.07) is 0. The summed E-state index contributed by atoms with van der Waals surface area (Å²) < 4.78 is 5.79. The van der Waals surface area contributed by atoms with E-state index in [0.717, 1.165) is 6.42 Å². The van der Waals surface area contributed by atoms with Gasteiger partial charge in [0, 0.05) is 11.0 Å².